The van der Waals surface area contributed by atoms with E-state index in [1.54, 1.807) is 25.1 Å². The van der Waals surface area contributed by atoms with Gasteiger partial charge in [-0.1, -0.05) is 22.0 Å². The molecule has 7 heteroatoms. The Labute approximate surface area is 157 Å². The maximum atomic E-state index is 13.2. The molecule has 1 N–H and O–H groups in total. The minimum Gasteiger partial charge on any atom is -0.324 e. The minimum absolute atomic E-state index is 0.203. The Morgan fingerprint density at radius 1 is 1.19 bits per heavy atom. The molecule has 0 unspecified atom stereocenters. The van der Waals surface area contributed by atoms with Crippen molar-refractivity contribution in [2.45, 2.75) is 13.5 Å². The molecule has 2 aromatic carbocycles. The maximum absolute atomic E-state index is 13.2. The van der Waals surface area contributed by atoms with Gasteiger partial charge in [0.05, 0.1) is 0 Å². The molecule has 3 rings (SSSR count). The van der Waals surface area contributed by atoms with E-state index in [2.05, 4.69) is 26.2 Å². The zero-order valence-corrected chi connectivity index (χ0v) is 15.5. The van der Waals surface area contributed by atoms with E-state index in [4.69, 9.17) is 0 Å². The molecule has 3 aromatic rings. The van der Waals surface area contributed by atoms with Crippen LogP contribution in [0.15, 0.2) is 63.9 Å². The number of carbonyl (C=O) groups excluding carboxylic acids is 1. The molecule has 5 nitrogen and oxygen atoms in total. The predicted molar refractivity (Wildman–Crippen MR) is 101 cm³/mol. The van der Waals surface area contributed by atoms with E-state index < -0.39 is 0 Å². The van der Waals surface area contributed by atoms with Gasteiger partial charge in [-0.15, -0.1) is 0 Å². The van der Waals surface area contributed by atoms with E-state index in [1.165, 1.54) is 34.9 Å². The molecule has 0 saturated heterocycles. The number of carbonyl (C=O) groups is 1. The lowest BCUT2D eigenvalue weighted by Crippen LogP contribution is -2.29. The fraction of sp³-hybridized carbons (Fsp3) is 0.105. The van der Waals surface area contributed by atoms with Crippen LogP contribution in [-0.4, -0.2) is 15.5 Å². The molecule has 0 atom stereocenters. The third-order valence-electron chi connectivity index (χ3n) is 3.65. The summed E-state index contributed by atoms with van der Waals surface area (Å²) in [7, 11) is 0. The zero-order valence-electron chi connectivity index (χ0n) is 13.9. The van der Waals surface area contributed by atoms with Gasteiger partial charge in [0, 0.05) is 27.5 Å². The highest BCUT2D eigenvalue weighted by Gasteiger charge is 2.13. The van der Waals surface area contributed by atoms with Gasteiger partial charge in [0.25, 0.3) is 5.56 Å². The van der Waals surface area contributed by atoms with Crippen molar-refractivity contribution in [2.24, 2.45) is 0 Å². The van der Waals surface area contributed by atoms with Crippen molar-refractivity contribution in [2.75, 3.05) is 5.32 Å². The highest BCUT2D eigenvalue weighted by Crippen LogP contribution is 2.18. The Bertz CT molecular complexity index is 1020. The lowest BCUT2D eigenvalue weighted by atomic mass is 10.2. The minimum atomic E-state index is -0.386. The maximum Gasteiger partial charge on any atom is 0.254 e. The quantitative estimate of drug-likeness (QED) is 0.705. The fourth-order valence-corrected chi connectivity index (χ4v) is 2.90. The molecule has 0 aliphatic heterocycles. The van der Waals surface area contributed by atoms with Gasteiger partial charge in [-0.2, -0.15) is 0 Å². The molecule has 0 saturated carbocycles. The van der Waals surface area contributed by atoms with Crippen LogP contribution in [0.4, 0.5) is 10.1 Å². The topological polar surface area (TPSA) is 64.0 Å². The Kier molecular flexibility index (Phi) is 5.27. The van der Waals surface area contributed by atoms with Gasteiger partial charge in [-0.25, -0.2) is 9.37 Å². The van der Waals surface area contributed by atoms with Gasteiger partial charge in [-0.05, 0) is 49.4 Å². The van der Waals surface area contributed by atoms with Gasteiger partial charge in [0.2, 0.25) is 5.91 Å². The van der Waals surface area contributed by atoms with E-state index in [1.807, 2.05) is 6.07 Å². The Morgan fingerprint density at radius 2 is 1.92 bits per heavy atom. The van der Waals surface area contributed by atoms with Crippen LogP contribution in [0, 0.1) is 12.7 Å². The van der Waals surface area contributed by atoms with Gasteiger partial charge >= 0.3 is 0 Å². The van der Waals surface area contributed by atoms with E-state index in [0.29, 0.717) is 22.8 Å². The number of aryl methyl sites for hydroxylation is 1. The summed E-state index contributed by atoms with van der Waals surface area (Å²) in [5.41, 5.74) is 1.35. The number of nitrogens with one attached hydrogen (secondary N) is 1. The van der Waals surface area contributed by atoms with Crippen LogP contribution in [0.25, 0.3) is 11.4 Å². The summed E-state index contributed by atoms with van der Waals surface area (Å²) in [5, 5.41) is 2.74. The van der Waals surface area contributed by atoms with Crippen molar-refractivity contribution in [3.63, 3.8) is 0 Å². The summed E-state index contributed by atoms with van der Waals surface area (Å²) in [5.74, 6) is -0.429. The molecule has 1 heterocycles. The van der Waals surface area contributed by atoms with Crippen molar-refractivity contribution >= 4 is 27.5 Å². The van der Waals surface area contributed by atoms with Crippen molar-refractivity contribution in [1.29, 1.82) is 0 Å². The molecule has 0 radical (unpaired) electrons. The van der Waals surface area contributed by atoms with Crippen molar-refractivity contribution in [1.82, 2.24) is 9.55 Å². The molecule has 26 heavy (non-hydrogen) atoms. The highest BCUT2D eigenvalue weighted by molar-refractivity contribution is 9.10. The van der Waals surface area contributed by atoms with Crippen molar-refractivity contribution in [3.8, 4) is 11.4 Å². The third kappa shape index (κ3) is 4.23. The molecule has 0 aliphatic carbocycles. The van der Waals surface area contributed by atoms with Gasteiger partial charge < -0.3 is 5.32 Å². The molecular formula is C19H15BrFN3O2. The average Bonchev–Trinajstić information content (AvgIpc) is 2.58. The number of hydrogen-bond acceptors (Lipinski definition) is 3. The Balaban J connectivity index is 1.93. The summed E-state index contributed by atoms with van der Waals surface area (Å²) < 4.78 is 15.3. The van der Waals surface area contributed by atoms with E-state index in [9.17, 15) is 14.0 Å². The second kappa shape index (κ2) is 7.61. The van der Waals surface area contributed by atoms with Crippen LogP contribution in [0.3, 0.4) is 0 Å². The molecule has 0 bridgehead atoms. The largest absolute Gasteiger partial charge is 0.324 e. The van der Waals surface area contributed by atoms with Crippen LogP contribution in [0.5, 0.6) is 0 Å². The van der Waals surface area contributed by atoms with E-state index >= 15 is 0 Å². The van der Waals surface area contributed by atoms with Crippen LogP contribution in [-0.2, 0) is 11.3 Å². The monoisotopic (exact) mass is 415 g/mol. The highest BCUT2D eigenvalue weighted by atomic mass is 79.9. The average molecular weight is 416 g/mol. The Hall–Kier alpha value is -2.80. The molecule has 0 spiro atoms. The van der Waals surface area contributed by atoms with Gasteiger partial charge in [0.15, 0.2) is 0 Å². The summed E-state index contributed by atoms with van der Waals surface area (Å²) in [4.78, 5) is 29.2. The van der Waals surface area contributed by atoms with Crippen LogP contribution < -0.4 is 10.9 Å². The van der Waals surface area contributed by atoms with Crippen LogP contribution >= 0.6 is 15.9 Å². The van der Waals surface area contributed by atoms with E-state index in [0.717, 1.165) is 4.47 Å². The Morgan fingerprint density at radius 3 is 2.62 bits per heavy atom. The van der Waals surface area contributed by atoms with Gasteiger partial charge in [-0.3, -0.25) is 14.2 Å². The first-order chi connectivity index (χ1) is 12.4. The number of nitrogens with zero attached hydrogens (tertiary/aromatic N) is 2. The number of aromatic nitrogens is 2. The smallest absolute Gasteiger partial charge is 0.254 e. The second-order valence-electron chi connectivity index (χ2n) is 5.71. The predicted octanol–water partition coefficient (Wildman–Crippen LogP) is 3.76. The fourth-order valence-electron chi connectivity index (χ4n) is 2.50. The first kappa shape index (κ1) is 18.0. The lowest BCUT2D eigenvalue weighted by Gasteiger charge is -2.13. The molecule has 1 amide bonds. The number of benzene rings is 2. The van der Waals surface area contributed by atoms with Crippen LogP contribution in [0.1, 0.15) is 5.69 Å². The summed E-state index contributed by atoms with van der Waals surface area (Å²) in [6.45, 7) is 1.49. The summed E-state index contributed by atoms with van der Waals surface area (Å²) in [6, 6.07) is 14.1. The first-order valence-corrected chi connectivity index (χ1v) is 8.61. The number of hydrogen-bond donors (Lipinski definition) is 1. The number of amides is 1. The lowest BCUT2D eigenvalue weighted by molar-refractivity contribution is -0.116. The normalized spacial score (nSPS) is 10.6. The zero-order chi connectivity index (χ0) is 18.7. The van der Waals surface area contributed by atoms with E-state index in [-0.39, 0.29) is 23.8 Å². The van der Waals surface area contributed by atoms with Gasteiger partial charge in [0.1, 0.15) is 18.2 Å². The number of anilines is 1. The number of halogens is 2. The SMILES string of the molecule is Cc1cc(=O)n(CC(=O)Nc2cccc(Br)c2)c(-c2ccc(F)cc2)n1. The number of rotatable bonds is 4. The molecule has 132 valence electrons. The molecular weight excluding hydrogens is 401 g/mol. The first-order valence-electron chi connectivity index (χ1n) is 7.82. The third-order valence-corrected chi connectivity index (χ3v) is 4.14. The standard InChI is InChI=1S/C19H15BrFN3O2/c1-12-9-18(26)24(19(22-12)13-5-7-15(21)8-6-13)11-17(25)23-16-4-2-3-14(20)10-16/h2-10H,11H2,1H3,(H,23,25). The molecule has 0 fully saturated rings. The van der Waals surface area contributed by atoms with Crippen molar-refractivity contribution in [3.05, 3.63) is 80.9 Å². The second-order valence-corrected chi connectivity index (χ2v) is 6.63. The van der Waals surface area contributed by atoms with Crippen LogP contribution in [0.2, 0.25) is 0 Å². The summed E-state index contributed by atoms with van der Waals surface area (Å²) in [6.07, 6.45) is 0. The molecule has 0 aliphatic rings. The molecule has 1 aromatic heterocycles. The summed E-state index contributed by atoms with van der Waals surface area (Å²) >= 11 is 3.34. The van der Waals surface area contributed by atoms with Crippen molar-refractivity contribution < 1.29 is 9.18 Å².